The predicted octanol–water partition coefficient (Wildman–Crippen LogP) is 1.73. The van der Waals surface area contributed by atoms with Gasteiger partial charge < -0.3 is 15.4 Å². The van der Waals surface area contributed by atoms with E-state index in [4.69, 9.17) is 4.74 Å². The third-order valence-electron chi connectivity index (χ3n) is 4.38. The van der Waals surface area contributed by atoms with Gasteiger partial charge in [0.2, 0.25) is 0 Å². The second-order valence-electron chi connectivity index (χ2n) is 6.25. The van der Waals surface area contributed by atoms with Crippen LogP contribution in [0.2, 0.25) is 0 Å². The molecular formula is C15H20N2O2S. The van der Waals surface area contributed by atoms with E-state index in [-0.39, 0.29) is 11.9 Å². The number of amides is 1. The molecular weight excluding hydrogens is 272 g/mol. The van der Waals surface area contributed by atoms with Crippen LogP contribution in [0.4, 0.5) is 0 Å². The first-order valence-corrected chi connectivity index (χ1v) is 8.38. The predicted molar refractivity (Wildman–Crippen MR) is 78.3 cm³/mol. The van der Waals surface area contributed by atoms with E-state index in [0.717, 1.165) is 11.5 Å². The van der Waals surface area contributed by atoms with Crippen molar-refractivity contribution in [2.75, 3.05) is 19.8 Å². The van der Waals surface area contributed by atoms with E-state index in [1.807, 2.05) is 5.38 Å². The van der Waals surface area contributed by atoms with Crippen molar-refractivity contribution in [3.63, 3.8) is 0 Å². The van der Waals surface area contributed by atoms with Gasteiger partial charge in [-0.05, 0) is 37.8 Å². The molecule has 1 aromatic rings. The molecule has 1 amide bonds. The Hall–Kier alpha value is -0.910. The maximum atomic E-state index is 12.0. The van der Waals surface area contributed by atoms with Gasteiger partial charge in [0, 0.05) is 22.2 Å². The summed E-state index contributed by atoms with van der Waals surface area (Å²) in [5.74, 6) is 1.61. The minimum absolute atomic E-state index is 0.0453. The molecule has 1 aromatic heterocycles. The Labute approximate surface area is 122 Å². The lowest BCUT2D eigenvalue weighted by molar-refractivity contribution is -0.00345. The SMILES string of the molecule is O=C(NC1COC1)c1csc(C2CC2NCC2CC2)c1. The summed E-state index contributed by atoms with van der Waals surface area (Å²) in [4.78, 5) is 13.4. The number of nitrogens with one attached hydrogen (secondary N) is 2. The highest BCUT2D eigenvalue weighted by Crippen LogP contribution is 2.44. The van der Waals surface area contributed by atoms with E-state index in [0.29, 0.717) is 25.2 Å². The van der Waals surface area contributed by atoms with E-state index in [1.165, 1.54) is 30.7 Å². The molecule has 5 heteroatoms. The van der Waals surface area contributed by atoms with Gasteiger partial charge in [0.25, 0.3) is 5.91 Å². The second-order valence-corrected chi connectivity index (χ2v) is 7.19. The first kappa shape index (κ1) is 12.8. The van der Waals surface area contributed by atoms with Crippen LogP contribution in [-0.2, 0) is 4.74 Å². The lowest BCUT2D eigenvalue weighted by atomic mass is 10.2. The van der Waals surface area contributed by atoms with Gasteiger partial charge in [0.05, 0.1) is 24.8 Å². The molecule has 3 aliphatic rings. The molecule has 2 unspecified atom stereocenters. The smallest absolute Gasteiger partial charge is 0.252 e. The number of rotatable bonds is 6. The zero-order valence-electron chi connectivity index (χ0n) is 11.4. The zero-order chi connectivity index (χ0) is 13.5. The Bertz CT molecular complexity index is 508. The lowest BCUT2D eigenvalue weighted by Gasteiger charge is -2.26. The van der Waals surface area contributed by atoms with Crippen molar-refractivity contribution in [2.24, 2.45) is 5.92 Å². The quantitative estimate of drug-likeness (QED) is 0.839. The van der Waals surface area contributed by atoms with Gasteiger partial charge in [-0.2, -0.15) is 0 Å². The molecule has 4 rings (SSSR count). The van der Waals surface area contributed by atoms with Gasteiger partial charge in [-0.15, -0.1) is 11.3 Å². The number of hydrogen-bond donors (Lipinski definition) is 2. The molecule has 4 nitrogen and oxygen atoms in total. The molecule has 1 saturated heterocycles. The fourth-order valence-corrected chi connectivity index (χ4v) is 3.70. The fourth-order valence-electron chi connectivity index (χ4n) is 2.63. The summed E-state index contributed by atoms with van der Waals surface area (Å²) in [6, 6.07) is 2.92. The number of carbonyl (C=O) groups is 1. The largest absolute Gasteiger partial charge is 0.377 e. The molecule has 2 saturated carbocycles. The number of thiophene rings is 1. The lowest BCUT2D eigenvalue weighted by Crippen LogP contribution is -2.48. The summed E-state index contributed by atoms with van der Waals surface area (Å²) < 4.78 is 5.07. The van der Waals surface area contributed by atoms with Gasteiger partial charge in [0.1, 0.15) is 0 Å². The van der Waals surface area contributed by atoms with E-state index in [9.17, 15) is 4.79 Å². The van der Waals surface area contributed by atoms with Crippen LogP contribution in [0, 0.1) is 5.92 Å². The van der Waals surface area contributed by atoms with Crippen LogP contribution in [0.3, 0.4) is 0 Å². The van der Waals surface area contributed by atoms with Crippen LogP contribution in [0.5, 0.6) is 0 Å². The van der Waals surface area contributed by atoms with Crippen molar-refractivity contribution in [3.8, 4) is 0 Å². The van der Waals surface area contributed by atoms with E-state index < -0.39 is 0 Å². The average molecular weight is 292 g/mol. The van der Waals surface area contributed by atoms with Gasteiger partial charge in [-0.1, -0.05) is 0 Å². The molecule has 0 spiro atoms. The summed E-state index contributed by atoms with van der Waals surface area (Å²) in [5.41, 5.74) is 0.810. The molecule has 2 N–H and O–H groups in total. The Morgan fingerprint density at radius 1 is 1.40 bits per heavy atom. The monoisotopic (exact) mass is 292 g/mol. The Kier molecular flexibility index (Phi) is 3.28. The highest BCUT2D eigenvalue weighted by Gasteiger charge is 2.40. The summed E-state index contributed by atoms with van der Waals surface area (Å²) in [5, 5.41) is 8.62. The Morgan fingerprint density at radius 3 is 2.95 bits per heavy atom. The molecule has 3 fully saturated rings. The molecule has 2 atom stereocenters. The first-order chi connectivity index (χ1) is 9.79. The molecule has 2 heterocycles. The number of carbonyl (C=O) groups excluding carboxylic acids is 1. The van der Waals surface area contributed by atoms with Gasteiger partial charge in [0.15, 0.2) is 0 Å². The minimum atomic E-state index is 0.0453. The third-order valence-corrected chi connectivity index (χ3v) is 5.44. The van der Waals surface area contributed by atoms with Crippen LogP contribution >= 0.6 is 11.3 Å². The fraction of sp³-hybridized carbons (Fsp3) is 0.667. The third kappa shape index (κ3) is 2.75. The van der Waals surface area contributed by atoms with E-state index >= 15 is 0 Å². The molecule has 0 bridgehead atoms. The standard InChI is InChI=1S/C15H20N2O2S/c18-15(17-11-6-19-7-11)10-3-14(20-8-10)12-4-13(12)16-5-9-1-2-9/h3,8-9,11-13,16H,1-2,4-7H2,(H,17,18). The molecule has 0 radical (unpaired) electrons. The summed E-state index contributed by atoms with van der Waals surface area (Å²) in [7, 11) is 0. The van der Waals surface area contributed by atoms with Crippen molar-refractivity contribution < 1.29 is 9.53 Å². The van der Waals surface area contributed by atoms with Crippen LogP contribution in [-0.4, -0.2) is 37.7 Å². The highest BCUT2D eigenvalue weighted by molar-refractivity contribution is 7.10. The average Bonchev–Trinajstić information content (AvgIpc) is 3.30. The Morgan fingerprint density at radius 2 is 2.25 bits per heavy atom. The summed E-state index contributed by atoms with van der Waals surface area (Å²) in [6.07, 6.45) is 4.03. The minimum Gasteiger partial charge on any atom is -0.377 e. The van der Waals surface area contributed by atoms with Crippen LogP contribution in [0.25, 0.3) is 0 Å². The molecule has 2 aliphatic carbocycles. The molecule has 0 aromatic carbocycles. The maximum absolute atomic E-state index is 12.0. The van der Waals surface area contributed by atoms with Crippen LogP contribution in [0.1, 0.15) is 40.4 Å². The molecule has 1 aliphatic heterocycles. The van der Waals surface area contributed by atoms with Gasteiger partial charge in [-0.25, -0.2) is 0 Å². The number of hydrogen-bond acceptors (Lipinski definition) is 4. The van der Waals surface area contributed by atoms with Crippen LogP contribution in [0.15, 0.2) is 11.4 Å². The molecule has 20 heavy (non-hydrogen) atoms. The summed E-state index contributed by atoms with van der Waals surface area (Å²) in [6.45, 7) is 2.48. The zero-order valence-corrected chi connectivity index (χ0v) is 12.2. The topological polar surface area (TPSA) is 50.4 Å². The maximum Gasteiger partial charge on any atom is 0.252 e. The van der Waals surface area contributed by atoms with Crippen LogP contribution < -0.4 is 10.6 Å². The first-order valence-electron chi connectivity index (χ1n) is 7.50. The van der Waals surface area contributed by atoms with E-state index in [2.05, 4.69) is 16.7 Å². The second kappa shape index (κ2) is 5.13. The van der Waals surface area contributed by atoms with Gasteiger partial charge in [-0.3, -0.25) is 4.79 Å². The normalized spacial score (nSPS) is 29.0. The van der Waals surface area contributed by atoms with Crippen molar-refractivity contribution in [3.05, 3.63) is 21.9 Å². The van der Waals surface area contributed by atoms with Crippen molar-refractivity contribution in [2.45, 2.75) is 37.3 Å². The number of ether oxygens (including phenoxy) is 1. The summed E-state index contributed by atoms with van der Waals surface area (Å²) >= 11 is 1.72. The Balaban J connectivity index is 1.30. The highest BCUT2D eigenvalue weighted by atomic mass is 32.1. The van der Waals surface area contributed by atoms with Crippen molar-refractivity contribution in [1.29, 1.82) is 0 Å². The van der Waals surface area contributed by atoms with Gasteiger partial charge >= 0.3 is 0 Å². The van der Waals surface area contributed by atoms with Crippen molar-refractivity contribution in [1.82, 2.24) is 10.6 Å². The molecule has 108 valence electrons. The van der Waals surface area contributed by atoms with Crippen molar-refractivity contribution >= 4 is 17.2 Å². The van der Waals surface area contributed by atoms with E-state index in [1.54, 1.807) is 11.3 Å².